The zero-order chi connectivity index (χ0) is 24.4. The summed E-state index contributed by atoms with van der Waals surface area (Å²) in [4.78, 5) is 40.5. The molecule has 1 atom stereocenters. The van der Waals surface area contributed by atoms with Crippen LogP contribution in [0, 0.1) is 24.6 Å². The molecule has 0 spiro atoms. The number of ether oxygens (including phenoxy) is 1. The fourth-order valence-corrected chi connectivity index (χ4v) is 5.46. The molecular weight excluding hydrogens is 439 g/mol. The molecule has 9 heteroatoms. The molecule has 0 radical (unpaired) electrons. The van der Waals surface area contributed by atoms with Gasteiger partial charge in [-0.3, -0.25) is 14.5 Å². The van der Waals surface area contributed by atoms with Crippen LogP contribution in [0.1, 0.15) is 56.6 Å². The number of primary amides is 1. The van der Waals surface area contributed by atoms with Crippen LogP contribution in [-0.2, 0) is 20.9 Å². The average molecular weight is 475 g/mol. The minimum atomic E-state index is -0.840. The number of halogens is 1. The maximum atomic E-state index is 14.4. The first-order valence-electron chi connectivity index (χ1n) is 12.3. The fraction of sp³-hybridized carbons (Fsp3) is 0.640. The quantitative estimate of drug-likeness (QED) is 0.659. The molecule has 1 saturated heterocycles. The summed E-state index contributed by atoms with van der Waals surface area (Å²) in [6.45, 7) is 6.68. The Hall–Kier alpha value is -2.68. The van der Waals surface area contributed by atoms with Crippen molar-refractivity contribution < 1.29 is 23.5 Å². The number of hydrogen-bond donors (Lipinski definition) is 2. The van der Waals surface area contributed by atoms with Gasteiger partial charge in [0, 0.05) is 49.7 Å². The zero-order valence-electron chi connectivity index (χ0n) is 20.0. The Balaban J connectivity index is 1.34. The van der Waals surface area contributed by atoms with Gasteiger partial charge in [0.05, 0.1) is 0 Å². The van der Waals surface area contributed by atoms with E-state index in [0.29, 0.717) is 31.6 Å². The lowest BCUT2D eigenvalue weighted by Gasteiger charge is -2.41. The van der Waals surface area contributed by atoms with Gasteiger partial charge in [-0.2, -0.15) is 0 Å². The van der Waals surface area contributed by atoms with Gasteiger partial charge in [0.2, 0.25) is 11.8 Å². The van der Waals surface area contributed by atoms with Crippen LogP contribution in [-0.4, -0.2) is 59.5 Å². The molecule has 2 saturated carbocycles. The number of amides is 3. The van der Waals surface area contributed by atoms with Crippen LogP contribution in [0.25, 0.3) is 0 Å². The third kappa shape index (κ3) is 5.51. The van der Waals surface area contributed by atoms with Crippen molar-refractivity contribution in [1.29, 1.82) is 0 Å². The highest BCUT2D eigenvalue weighted by Crippen LogP contribution is 2.32. The van der Waals surface area contributed by atoms with Gasteiger partial charge in [-0.25, -0.2) is 9.18 Å². The van der Waals surface area contributed by atoms with Crippen LogP contribution in [0.5, 0.6) is 0 Å². The predicted molar refractivity (Wildman–Crippen MR) is 125 cm³/mol. The number of benzene rings is 1. The molecule has 0 aromatic heterocycles. The molecule has 1 heterocycles. The monoisotopic (exact) mass is 474 g/mol. The number of anilines is 1. The summed E-state index contributed by atoms with van der Waals surface area (Å²) >= 11 is 0. The molecule has 1 aromatic carbocycles. The Bertz CT molecular complexity index is 943. The van der Waals surface area contributed by atoms with Crippen molar-refractivity contribution in [3.8, 4) is 0 Å². The summed E-state index contributed by atoms with van der Waals surface area (Å²) in [6, 6.07) is 2.98. The van der Waals surface area contributed by atoms with Crippen molar-refractivity contribution in [2.45, 2.75) is 71.1 Å². The Morgan fingerprint density at radius 2 is 1.85 bits per heavy atom. The average Bonchev–Trinajstić information content (AvgIpc) is 3.28. The second-order valence-electron chi connectivity index (χ2n) is 10.1. The van der Waals surface area contributed by atoms with E-state index in [4.69, 9.17) is 10.5 Å². The molecule has 34 heavy (non-hydrogen) atoms. The summed E-state index contributed by atoms with van der Waals surface area (Å²) in [5, 5.41) is 2.84. The van der Waals surface area contributed by atoms with E-state index < -0.39 is 11.9 Å². The van der Waals surface area contributed by atoms with Crippen molar-refractivity contribution in [1.82, 2.24) is 9.80 Å². The first kappa shape index (κ1) is 24.4. The van der Waals surface area contributed by atoms with Crippen LogP contribution >= 0.6 is 0 Å². The van der Waals surface area contributed by atoms with Gasteiger partial charge in [-0.1, -0.05) is 12.8 Å². The number of piperazine rings is 1. The molecule has 1 aliphatic heterocycles. The smallest absolute Gasteiger partial charge is 0.404 e. The molecule has 186 valence electrons. The van der Waals surface area contributed by atoms with E-state index in [0.717, 1.165) is 49.9 Å². The maximum absolute atomic E-state index is 14.4. The van der Waals surface area contributed by atoms with Crippen LogP contribution in [0.3, 0.4) is 0 Å². The molecule has 2 aliphatic carbocycles. The molecule has 0 unspecified atom stereocenters. The summed E-state index contributed by atoms with van der Waals surface area (Å²) in [5.74, 6) is -0.434. The number of nitrogens with two attached hydrogens (primary N) is 1. The maximum Gasteiger partial charge on any atom is 0.404 e. The number of rotatable bonds is 6. The van der Waals surface area contributed by atoms with Crippen molar-refractivity contribution in [3.63, 3.8) is 0 Å². The third-order valence-corrected chi connectivity index (χ3v) is 7.58. The number of carbonyl (C=O) groups is 3. The van der Waals surface area contributed by atoms with Crippen molar-refractivity contribution in [3.05, 3.63) is 29.1 Å². The standard InChI is InChI=1S/C25H35FN4O4/c1-15-13-29(7-8-30(15)24(32)17-5-3-4-6-17)14-19-9-20(26)12-22(16(19)2)28-23(31)18-10-21(11-18)34-25(27)33/h9,12,15,17-18,21H,3-8,10-11,13-14H2,1-2H3,(H2,27,33)(H,28,31)/t15-,18?,21?/m0/s1. The first-order chi connectivity index (χ1) is 16.2. The van der Waals surface area contributed by atoms with E-state index in [1.807, 2.05) is 11.8 Å². The van der Waals surface area contributed by atoms with E-state index in [1.165, 1.54) is 12.1 Å². The molecule has 0 bridgehead atoms. The Labute approximate surface area is 200 Å². The van der Waals surface area contributed by atoms with Crippen LogP contribution in [0.15, 0.2) is 12.1 Å². The van der Waals surface area contributed by atoms with Crippen molar-refractivity contribution in [2.24, 2.45) is 17.6 Å². The van der Waals surface area contributed by atoms with E-state index in [2.05, 4.69) is 17.1 Å². The third-order valence-electron chi connectivity index (χ3n) is 7.58. The zero-order valence-corrected chi connectivity index (χ0v) is 20.0. The van der Waals surface area contributed by atoms with E-state index >= 15 is 0 Å². The lowest BCUT2D eigenvalue weighted by molar-refractivity contribution is -0.140. The molecule has 4 rings (SSSR count). The van der Waals surface area contributed by atoms with Gasteiger partial charge in [0.15, 0.2) is 0 Å². The highest BCUT2D eigenvalue weighted by molar-refractivity contribution is 5.94. The summed E-state index contributed by atoms with van der Waals surface area (Å²) in [7, 11) is 0. The lowest BCUT2D eigenvalue weighted by Crippen LogP contribution is -2.54. The molecule has 3 N–H and O–H groups in total. The Morgan fingerprint density at radius 1 is 1.15 bits per heavy atom. The number of nitrogens with one attached hydrogen (secondary N) is 1. The Kier molecular flexibility index (Phi) is 7.40. The van der Waals surface area contributed by atoms with Gasteiger partial charge < -0.3 is 20.7 Å². The van der Waals surface area contributed by atoms with Crippen LogP contribution in [0.4, 0.5) is 14.9 Å². The van der Waals surface area contributed by atoms with E-state index in [1.54, 1.807) is 0 Å². The normalized spacial score (nSPS) is 25.6. The molecule has 3 aliphatic rings. The predicted octanol–water partition coefficient (Wildman–Crippen LogP) is 3.17. The SMILES string of the molecule is Cc1c(CN2CCN(C(=O)C3CCCC3)[C@@H](C)C2)cc(F)cc1NC(=O)C1CC(OC(N)=O)C1. The largest absolute Gasteiger partial charge is 0.446 e. The van der Waals surface area contributed by atoms with Gasteiger partial charge in [-0.15, -0.1) is 0 Å². The minimum absolute atomic E-state index is 0.115. The molecule has 3 amide bonds. The van der Waals surface area contributed by atoms with Gasteiger partial charge >= 0.3 is 6.09 Å². The van der Waals surface area contributed by atoms with Crippen molar-refractivity contribution >= 4 is 23.6 Å². The summed E-state index contributed by atoms with van der Waals surface area (Å²) < 4.78 is 19.3. The van der Waals surface area contributed by atoms with Crippen LogP contribution in [0.2, 0.25) is 0 Å². The highest BCUT2D eigenvalue weighted by Gasteiger charge is 2.37. The first-order valence-corrected chi connectivity index (χ1v) is 12.3. The topological polar surface area (TPSA) is 105 Å². The number of hydrogen-bond acceptors (Lipinski definition) is 5. The summed E-state index contributed by atoms with van der Waals surface area (Å²) in [6.07, 6.45) is 3.95. The van der Waals surface area contributed by atoms with Gasteiger partial charge in [-0.05, 0) is 62.8 Å². The second-order valence-corrected chi connectivity index (χ2v) is 10.1. The van der Waals surface area contributed by atoms with E-state index in [9.17, 15) is 18.8 Å². The Morgan fingerprint density at radius 3 is 2.50 bits per heavy atom. The minimum Gasteiger partial charge on any atom is -0.446 e. The van der Waals surface area contributed by atoms with Crippen LogP contribution < -0.4 is 11.1 Å². The number of nitrogens with zero attached hydrogens (tertiary/aromatic N) is 2. The van der Waals surface area contributed by atoms with E-state index in [-0.39, 0.29) is 35.8 Å². The fourth-order valence-electron chi connectivity index (χ4n) is 5.46. The molecular formula is C25H35FN4O4. The molecule has 3 fully saturated rings. The van der Waals surface area contributed by atoms with Gasteiger partial charge in [0.1, 0.15) is 11.9 Å². The lowest BCUT2D eigenvalue weighted by atomic mass is 9.81. The molecule has 8 nitrogen and oxygen atoms in total. The molecule has 1 aromatic rings. The van der Waals surface area contributed by atoms with Crippen molar-refractivity contribution in [2.75, 3.05) is 25.0 Å². The van der Waals surface area contributed by atoms with Gasteiger partial charge in [0.25, 0.3) is 0 Å². The number of carbonyl (C=O) groups excluding carboxylic acids is 3. The second kappa shape index (κ2) is 10.3. The highest BCUT2D eigenvalue weighted by atomic mass is 19.1. The summed E-state index contributed by atoms with van der Waals surface area (Å²) in [5.41, 5.74) is 7.12.